The molecule has 0 aliphatic carbocycles. The number of aryl methyl sites for hydroxylation is 1. The summed E-state index contributed by atoms with van der Waals surface area (Å²) in [6.45, 7) is 6.90. The van der Waals surface area contributed by atoms with Crippen LogP contribution in [0.5, 0.6) is 0 Å². The molecule has 0 aromatic heterocycles. The van der Waals surface area contributed by atoms with Crippen LogP contribution in [0.4, 0.5) is 0 Å². The van der Waals surface area contributed by atoms with Gasteiger partial charge in [-0.05, 0) is 57.2 Å². The van der Waals surface area contributed by atoms with Gasteiger partial charge >= 0.3 is 0 Å². The van der Waals surface area contributed by atoms with Gasteiger partial charge in [0.1, 0.15) is 0 Å². The molecule has 1 heterocycles. The minimum absolute atomic E-state index is 0.0364. The van der Waals surface area contributed by atoms with E-state index < -0.39 is 0 Å². The Morgan fingerprint density at radius 1 is 1.37 bits per heavy atom. The van der Waals surface area contributed by atoms with Gasteiger partial charge in [0.15, 0.2) is 0 Å². The average Bonchev–Trinajstić information content (AvgIpc) is 2.41. The lowest BCUT2D eigenvalue weighted by atomic mass is 9.94. The van der Waals surface area contributed by atoms with Crippen molar-refractivity contribution in [3.05, 3.63) is 34.9 Å². The average molecular weight is 260 g/mol. The molecule has 1 amide bonds. The summed E-state index contributed by atoms with van der Waals surface area (Å²) >= 11 is 0. The zero-order valence-electron chi connectivity index (χ0n) is 12.1. The zero-order valence-corrected chi connectivity index (χ0v) is 12.1. The van der Waals surface area contributed by atoms with E-state index in [-0.39, 0.29) is 18.0 Å². The number of rotatable bonds is 2. The van der Waals surface area contributed by atoms with Crippen LogP contribution in [0.2, 0.25) is 0 Å². The summed E-state index contributed by atoms with van der Waals surface area (Å²) in [5.74, 6) is 0.142. The molecule has 0 radical (unpaired) electrons. The summed E-state index contributed by atoms with van der Waals surface area (Å²) in [4.78, 5) is 14.7. The monoisotopic (exact) mass is 260 g/mol. The molecular weight excluding hydrogens is 236 g/mol. The Morgan fingerprint density at radius 3 is 2.79 bits per heavy atom. The molecule has 1 aliphatic heterocycles. The van der Waals surface area contributed by atoms with Gasteiger partial charge in [0.25, 0.3) is 5.91 Å². The zero-order chi connectivity index (χ0) is 14.0. The number of piperidine rings is 1. The summed E-state index contributed by atoms with van der Waals surface area (Å²) < 4.78 is 0. The number of nitrogens with two attached hydrogens (primary N) is 1. The van der Waals surface area contributed by atoms with Crippen LogP contribution in [0.1, 0.15) is 47.7 Å². The van der Waals surface area contributed by atoms with Crippen LogP contribution >= 0.6 is 0 Å². The largest absolute Gasteiger partial charge is 0.334 e. The highest BCUT2D eigenvalue weighted by Gasteiger charge is 2.30. The van der Waals surface area contributed by atoms with E-state index >= 15 is 0 Å². The molecule has 1 aromatic carbocycles. The van der Waals surface area contributed by atoms with Gasteiger partial charge in [-0.25, -0.2) is 0 Å². The SMILES string of the molecule is Cc1cccc(C(=O)N2CCCCC2C(C)N)c1C. The Bertz CT molecular complexity index is 468. The van der Waals surface area contributed by atoms with Crippen LogP contribution in [0, 0.1) is 13.8 Å². The number of carbonyl (C=O) groups excluding carboxylic acids is 1. The standard InChI is InChI=1S/C16H24N2O/c1-11-7-6-8-14(12(11)2)16(19)18-10-5-4-9-15(18)13(3)17/h6-8,13,15H,4-5,9-10,17H2,1-3H3. The second kappa shape index (κ2) is 5.74. The molecule has 1 aliphatic rings. The molecule has 1 saturated heterocycles. The van der Waals surface area contributed by atoms with Gasteiger partial charge in [-0.15, -0.1) is 0 Å². The summed E-state index contributed by atoms with van der Waals surface area (Å²) in [7, 11) is 0. The first kappa shape index (κ1) is 14.1. The first-order valence-electron chi connectivity index (χ1n) is 7.15. The molecule has 104 valence electrons. The molecule has 2 rings (SSSR count). The molecule has 0 bridgehead atoms. The number of hydrogen-bond acceptors (Lipinski definition) is 2. The highest BCUT2D eigenvalue weighted by atomic mass is 16.2. The number of hydrogen-bond donors (Lipinski definition) is 1. The Hall–Kier alpha value is -1.35. The van der Waals surface area contributed by atoms with Gasteiger partial charge in [-0.2, -0.15) is 0 Å². The summed E-state index contributed by atoms with van der Waals surface area (Å²) in [5.41, 5.74) is 9.13. The van der Waals surface area contributed by atoms with Crippen molar-refractivity contribution in [2.45, 2.75) is 52.1 Å². The van der Waals surface area contributed by atoms with E-state index in [1.165, 1.54) is 12.0 Å². The van der Waals surface area contributed by atoms with Crippen molar-refractivity contribution in [2.75, 3.05) is 6.54 Å². The maximum atomic E-state index is 12.8. The predicted octanol–water partition coefficient (Wildman–Crippen LogP) is 2.65. The third-order valence-corrected chi connectivity index (χ3v) is 4.25. The fraction of sp³-hybridized carbons (Fsp3) is 0.562. The predicted molar refractivity (Wildman–Crippen MR) is 78.2 cm³/mol. The van der Waals surface area contributed by atoms with Crippen LogP contribution in [-0.4, -0.2) is 29.4 Å². The van der Waals surface area contributed by atoms with E-state index in [1.807, 2.05) is 43.9 Å². The molecule has 3 nitrogen and oxygen atoms in total. The van der Waals surface area contributed by atoms with Crippen molar-refractivity contribution < 1.29 is 4.79 Å². The topological polar surface area (TPSA) is 46.3 Å². The summed E-state index contributed by atoms with van der Waals surface area (Å²) in [6, 6.07) is 6.15. The molecule has 2 atom stereocenters. The third kappa shape index (κ3) is 2.81. The molecular formula is C16H24N2O. The smallest absolute Gasteiger partial charge is 0.254 e. The van der Waals surface area contributed by atoms with Crippen LogP contribution in [-0.2, 0) is 0 Å². The third-order valence-electron chi connectivity index (χ3n) is 4.25. The summed E-state index contributed by atoms with van der Waals surface area (Å²) in [5, 5.41) is 0. The van der Waals surface area contributed by atoms with E-state index in [9.17, 15) is 4.79 Å². The number of benzene rings is 1. The maximum absolute atomic E-state index is 12.8. The lowest BCUT2D eigenvalue weighted by Crippen LogP contribution is -2.51. The Morgan fingerprint density at radius 2 is 2.11 bits per heavy atom. The molecule has 1 fully saturated rings. The van der Waals surface area contributed by atoms with Crippen molar-refractivity contribution in [2.24, 2.45) is 5.73 Å². The van der Waals surface area contributed by atoms with Crippen molar-refractivity contribution in [1.82, 2.24) is 4.90 Å². The molecule has 2 N–H and O–H groups in total. The highest BCUT2D eigenvalue weighted by molar-refractivity contribution is 5.96. The van der Waals surface area contributed by atoms with Gasteiger partial charge in [-0.3, -0.25) is 4.79 Å². The number of amides is 1. The molecule has 2 unspecified atom stereocenters. The van der Waals surface area contributed by atoms with Crippen LogP contribution in [0.25, 0.3) is 0 Å². The number of likely N-dealkylation sites (tertiary alicyclic amines) is 1. The number of nitrogens with zero attached hydrogens (tertiary/aromatic N) is 1. The van der Waals surface area contributed by atoms with Crippen LogP contribution in [0.15, 0.2) is 18.2 Å². The van der Waals surface area contributed by atoms with E-state index in [4.69, 9.17) is 5.73 Å². The van der Waals surface area contributed by atoms with Gasteiger partial charge < -0.3 is 10.6 Å². The van der Waals surface area contributed by atoms with Gasteiger partial charge in [0.05, 0.1) is 0 Å². The van der Waals surface area contributed by atoms with Crippen molar-refractivity contribution in [3.63, 3.8) is 0 Å². The molecule has 3 heteroatoms. The first-order chi connectivity index (χ1) is 9.02. The fourth-order valence-corrected chi connectivity index (χ4v) is 2.89. The molecule has 1 aromatic rings. The minimum atomic E-state index is 0.0364. The lowest BCUT2D eigenvalue weighted by molar-refractivity contribution is 0.0583. The highest BCUT2D eigenvalue weighted by Crippen LogP contribution is 2.23. The maximum Gasteiger partial charge on any atom is 0.254 e. The van der Waals surface area contributed by atoms with Crippen LogP contribution < -0.4 is 5.73 Å². The molecule has 19 heavy (non-hydrogen) atoms. The van der Waals surface area contributed by atoms with Crippen molar-refractivity contribution in [3.8, 4) is 0 Å². The van der Waals surface area contributed by atoms with E-state index in [2.05, 4.69) is 0 Å². The Labute approximate surface area is 115 Å². The van der Waals surface area contributed by atoms with Crippen molar-refractivity contribution in [1.29, 1.82) is 0 Å². The van der Waals surface area contributed by atoms with Gasteiger partial charge in [0.2, 0.25) is 0 Å². The molecule has 0 spiro atoms. The van der Waals surface area contributed by atoms with E-state index in [0.29, 0.717) is 0 Å². The molecule has 0 saturated carbocycles. The second-order valence-corrected chi connectivity index (χ2v) is 5.67. The lowest BCUT2D eigenvalue weighted by Gasteiger charge is -2.38. The summed E-state index contributed by atoms with van der Waals surface area (Å²) in [6.07, 6.45) is 3.27. The quantitative estimate of drug-likeness (QED) is 0.888. The fourth-order valence-electron chi connectivity index (χ4n) is 2.89. The minimum Gasteiger partial charge on any atom is -0.334 e. The Kier molecular flexibility index (Phi) is 4.25. The van der Waals surface area contributed by atoms with Crippen molar-refractivity contribution >= 4 is 5.91 Å². The van der Waals surface area contributed by atoms with E-state index in [1.54, 1.807) is 0 Å². The second-order valence-electron chi connectivity index (χ2n) is 5.67. The van der Waals surface area contributed by atoms with Crippen LogP contribution in [0.3, 0.4) is 0 Å². The van der Waals surface area contributed by atoms with E-state index in [0.717, 1.165) is 30.5 Å². The number of carbonyl (C=O) groups is 1. The van der Waals surface area contributed by atoms with Gasteiger partial charge in [0, 0.05) is 24.2 Å². The van der Waals surface area contributed by atoms with Gasteiger partial charge in [-0.1, -0.05) is 12.1 Å². The first-order valence-corrected chi connectivity index (χ1v) is 7.15. The Balaban J connectivity index is 2.29. The normalized spacial score (nSPS) is 21.3.